The highest BCUT2D eigenvalue weighted by atomic mass is 16.5. The van der Waals surface area contributed by atoms with Gasteiger partial charge in [-0.3, -0.25) is 14.6 Å². The minimum absolute atomic E-state index is 0.0247. The molecule has 0 bridgehead atoms. The fraction of sp³-hybridized carbons (Fsp3) is 0.764. The molecule has 8 aliphatic carbocycles. The Morgan fingerprint density at radius 1 is 0.971 bits per heavy atom. The molecule has 0 unspecified atom stereocenters. The largest absolute Gasteiger partial charge is 0.465 e. The number of hydrogen-bond acceptors (Lipinski definition) is 10. The molecule has 0 spiro atoms. The summed E-state index contributed by atoms with van der Waals surface area (Å²) in [5.74, 6) is 4.70. The maximum Gasteiger partial charge on any atom is 0.313 e. The Bertz CT molecular complexity index is 2220. The van der Waals surface area contributed by atoms with Crippen molar-refractivity contribution in [2.75, 3.05) is 19.8 Å². The van der Waals surface area contributed by atoms with Gasteiger partial charge >= 0.3 is 5.97 Å². The molecule has 6 fully saturated rings. The Morgan fingerprint density at radius 3 is 2.50 bits per heavy atom. The van der Waals surface area contributed by atoms with Crippen LogP contribution in [0.3, 0.4) is 0 Å². The van der Waals surface area contributed by atoms with Crippen molar-refractivity contribution in [1.29, 1.82) is 0 Å². The van der Waals surface area contributed by atoms with E-state index in [0.29, 0.717) is 30.8 Å². The molecule has 2 heterocycles. The zero-order valence-corrected chi connectivity index (χ0v) is 40.3. The Labute approximate surface area is 402 Å². The molecule has 1 aromatic rings. The van der Waals surface area contributed by atoms with Crippen LogP contribution in [0.5, 0.6) is 0 Å². The third kappa shape index (κ3) is 7.67. The van der Waals surface area contributed by atoms with Crippen molar-refractivity contribution < 1.29 is 45.0 Å². The number of rotatable bonds is 7. The highest BCUT2D eigenvalue weighted by Crippen LogP contribution is 2.73. The van der Waals surface area contributed by atoms with E-state index in [1.165, 1.54) is 5.57 Å². The summed E-state index contributed by atoms with van der Waals surface area (Å²) in [6.45, 7) is 4.23. The number of nitrogens with zero attached hydrogens (tertiary/aromatic N) is 1. The summed E-state index contributed by atoms with van der Waals surface area (Å²) >= 11 is 0. The SMILES string of the molecule is C[C@H]1CCC2=CC[C@H]3[C@H](CO)C[C@@H](O)[C@](C)(O)[C@H]4[C@@H](CC#C[C@H]([C@H]5COC(=O)[C@@H]5c5cc[nH]c5)C[C@H]3[C@@H]2C1)C[C@@]1(O)C2=CC(=O)[C@@H]3C[C@@H](O)[C@@H](O)C[C@]3(C3CCCC3)[C@H]2CC[C@]41CCN=C(N)N. The van der Waals surface area contributed by atoms with E-state index in [1.54, 1.807) is 13.0 Å². The molecule has 5 saturated carbocycles. The van der Waals surface area contributed by atoms with Gasteiger partial charge in [0.05, 0.1) is 42.0 Å². The molecule has 0 amide bonds. The molecule has 1 aromatic heterocycles. The number of ether oxygens (including phenoxy) is 1. The predicted octanol–water partition coefficient (Wildman–Crippen LogP) is 5.04. The average Bonchev–Trinajstić information content (AvgIpc) is 4.13. The van der Waals surface area contributed by atoms with Gasteiger partial charge in [-0.05, 0) is 173 Å². The van der Waals surface area contributed by atoms with E-state index in [9.17, 15) is 40.2 Å². The lowest BCUT2D eigenvalue weighted by molar-refractivity contribution is -0.196. The van der Waals surface area contributed by atoms with Gasteiger partial charge in [0, 0.05) is 61.1 Å². The molecule has 0 aromatic carbocycles. The van der Waals surface area contributed by atoms with Gasteiger partial charge in [0.2, 0.25) is 0 Å². The maximum absolute atomic E-state index is 14.8. The average molecular weight is 939 g/mol. The Hall–Kier alpha value is -3.51. The zero-order chi connectivity index (χ0) is 47.9. The molecule has 10 rings (SSSR count). The molecule has 11 N–H and O–H groups in total. The highest BCUT2D eigenvalue weighted by Gasteiger charge is 2.74. The monoisotopic (exact) mass is 939 g/mol. The van der Waals surface area contributed by atoms with Crippen LogP contribution in [-0.4, -0.2) is 103 Å². The van der Waals surface area contributed by atoms with Crippen molar-refractivity contribution in [2.24, 2.45) is 98.3 Å². The number of nitrogens with one attached hydrogen (secondary N) is 1. The van der Waals surface area contributed by atoms with Crippen LogP contribution in [0.1, 0.15) is 134 Å². The molecule has 9 aliphatic rings. The van der Waals surface area contributed by atoms with Gasteiger partial charge in [0.15, 0.2) is 11.7 Å². The van der Waals surface area contributed by atoms with E-state index in [1.807, 2.05) is 18.5 Å². The number of hydrogen-bond donors (Lipinski definition) is 9. The smallest absolute Gasteiger partial charge is 0.313 e. The lowest BCUT2D eigenvalue weighted by atomic mass is 9.41. The second-order valence-corrected chi connectivity index (χ2v) is 23.9. The summed E-state index contributed by atoms with van der Waals surface area (Å²) in [5.41, 5.74) is 9.70. The molecule has 372 valence electrons. The quantitative estimate of drug-likeness (QED) is 0.0577. The topological polar surface area (TPSA) is 245 Å². The van der Waals surface area contributed by atoms with Gasteiger partial charge in [0.25, 0.3) is 0 Å². The van der Waals surface area contributed by atoms with Crippen LogP contribution in [0.2, 0.25) is 0 Å². The van der Waals surface area contributed by atoms with Gasteiger partial charge in [-0.25, -0.2) is 0 Å². The fourth-order valence-electron chi connectivity index (χ4n) is 17.9. The van der Waals surface area contributed by atoms with Gasteiger partial charge in [-0.2, -0.15) is 0 Å². The van der Waals surface area contributed by atoms with Gasteiger partial charge in [-0.15, -0.1) is 5.92 Å². The first-order chi connectivity index (χ1) is 32.5. The molecule has 13 heteroatoms. The summed E-state index contributed by atoms with van der Waals surface area (Å²) in [4.78, 5) is 36.1. The first kappa shape index (κ1) is 48.1. The number of allylic oxidation sites excluding steroid dienone is 3. The zero-order valence-electron chi connectivity index (χ0n) is 40.3. The normalized spacial score (nSPS) is 47.1. The van der Waals surface area contributed by atoms with E-state index in [0.717, 1.165) is 56.9 Å². The number of esters is 1. The number of H-pyrrole nitrogens is 1. The Kier molecular flexibility index (Phi) is 12.9. The Balaban J connectivity index is 1.12. The van der Waals surface area contributed by atoms with Crippen molar-refractivity contribution in [3.05, 3.63) is 47.3 Å². The first-order valence-corrected chi connectivity index (χ1v) is 26.4. The number of ketones is 1. The Morgan fingerprint density at radius 2 is 1.76 bits per heavy atom. The standard InChI is InChI=1S/C55H78N4O9/c1-30-10-11-31-12-13-37-35(28-60)22-47(64)52(2,66)49-33(7-5-6-32(21-39(37)38(31)20-30)40-29-68-50(65)48(40)34-15-18-58-27-34)25-55(67)42-23-44(61)43-24-45(62)46(63)26-54(43,36-8-3-4-9-36)41(42)14-16-53(49,55)17-19-59-51(56)57/h12,15,18,23,27,30,32-33,35-41,43,45-49,58,60,62-64,66-67H,3-4,7-11,13-14,16-17,19-22,24-26,28-29H2,1-2H3,(H4,56,57,59)/t30-,32-,33-,35-,37-,38+,39+,40+,41-,43-,45+,46-,47+,48+,49+,52-,53-,54-,55+/m0/s1. The van der Waals surface area contributed by atoms with E-state index >= 15 is 0 Å². The number of aliphatic hydroxyl groups is 6. The van der Waals surface area contributed by atoms with E-state index in [-0.39, 0.29) is 123 Å². The van der Waals surface area contributed by atoms with E-state index in [4.69, 9.17) is 16.2 Å². The molecular formula is C55H78N4O9. The number of aliphatic imine (C=N–C) groups is 1. The molecule has 13 nitrogen and oxygen atoms in total. The van der Waals surface area contributed by atoms with Crippen molar-refractivity contribution in [3.63, 3.8) is 0 Å². The minimum Gasteiger partial charge on any atom is -0.465 e. The van der Waals surface area contributed by atoms with Crippen LogP contribution in [0.25, 0.3) is 0 Å². The van der Waals surface area contributed by atoms with Gasteiger partial charge in [-0.1, -0.05) is 37.3 Å². The highest BCUT2D eigenvalue weighted by molar-refractivity contribution is 5.95. The third-order valence-electron chi connectivity index (χ3n) is 20.8. The van der Waals surface area contributed by atoms with E-state index < -0.39 is 64.0 Å². The minimum atomic E-state index is -1.80. The number of aromatic nitrogens is 1. The van der Waals surface area contributed by atoms with Crippen LogP contribution in [0.4, 0.5) is 0 Å². The number of carbonyl (C=O) groups is 2. The molecule has 1 aliphatic heterocycles. The number of aromatic amines is 1. The van der Waals surface area contributed by atoms with Crippen LogP contribution in [0.15, 0.2) is 46.8 Å². The summed E-state index contributed by atoms with van der Waals surface area (Å²) in [7, 11) is 0. The number of nitrogens with two attached hydrogens (primary N) is 2. The molecule has 1 saturated heterocycles. The summed E-state index contributed by atoms with van der Waals surface area (Å²) in [5, 5.41) is 74.4. The second-order valence-electron chi connectivity index (χ2n) is 23.9. The van der Waals surface area contributed by atoms with Crippen LogP contribution >= 0.6 is 0 Å². The van der Waals surface area contributed by atoms with Crippen molar-refractivity contribution >= 4 is 17.7 Å². The van der Waals surface area contributed by atoms with Gasteiger partial charge < -0.3 is 51.8 Å². The number of cyclic esters (lactones) is 1. The second kappa shape index (κ2) is 18.3. The lowest BCUT2D eigenvalue weighted by Crippen LogP contribution is -2.65. The summed E-state index contributed by atoms with van der Waals surface area (Å²) < 4.78 is 5.90. The van der Waals surface area contributed by atoms with Crippen molar-refractivity contribution in [2.45, 2.75) is 158 Å². The molecule has 19 atom stereocenters. The number of aliphatic hydroxyl groups excluding tert-OH is 4. The fourth-order valence-corrected chi connectivity index (χ4v) is 17.9. The third-order valence-corrected chi connectivity index (χ3v) is 20.8. The lowest BCUT2D eigenvalue weighted by Gasteiger charge is -2.64. The molecule has 0 radical (unpaired) electrons. The predicted molar refractivity (Wildman–Crippen MR) is 256 cm³/mol. The number of carbonyl (C=O) groups excluding carboxylic acids is 2. The van der Waals surface area contributed by atoms with Crippen LogP contribution in [0, 0.1) is 93.7 Å². The first-order valence-electron chi connectivity index (χ1n) is 26.4. The van der Waals surface area contributed by atoms with Crippen molar-refractivity contribution in [1.82, 2.24) is 4.98 Å². The van der Waals surface area contributed by atoms with Crippen molar-refractivity contribution in [3.8, 4) is 11.8 Å². The summed E-state index contributed by atoms with van der Waals surface area (Å²) in [6.07, 6.45) is 15.3. The molecule has 68 heavy (non-hydrogen) atoms. The van der Waals surface area contributed by atoms with E-state index in [2.05, 4.69) is 34.8 Å². The van der Waals surface area contributed by atoms with Gasteiger partial charge in [0.1, 0.15) is 0 Å². The number of fused-ring (bicyclic) bond motifs is 10. The van der Waals surface area contributed by atoms with Crippen LogP contribution in [-0.2, 0) is 14.3 Å². The number of guanidine groups is 1. The van der Waals surface area contributed by atoms with Crippen LogP contribution < -0.4 is 11.5 Å². The maximum atomic E-state index is 14.8. The molecular weight excluding hydrogens is 861 g/mol. The summed E-state index contributed by atoms with van der Waals surface area (Å²) in [6, 6.07) is 1.94.